The molecule has 1 amide bonds. The highest BCUT2D eigenvalue weighted by Gasteiger charge is 2.06. The van der Waals surface area contributed by atoms with Gasteiger partial charge in [-0.25, -0.2) is 4.98 Å². The molecule has 0 unspecified atom stereocenters. The van der Waals surface area contributed by atoms with Gasteiger partial charge in [0, 0.05) is 19.5 Å². The van der Waals surface area contributed by atoms with Crippen LogP contribution in [0.2, 0.25) is 0 Å². The lowest BCUT2D eigenvalue weighted by atomic mass is 10.1. The first kappa shape index (κ1) is 18.7. The Morgan fingerprint density at radius 3 is 2.48 bits per heavy atom. The van der Waals surface area contributed by atoms with Gasteiger partial charge < -0.3 is 15.0 Å². The van der Waals surface area contributed by atoms with Crippen molar-refractivity contribution in [1.82, 2.24) is 14.9 Å². The van der Waals surface area contributed by atoms with E-state index in [1.54, 1.807) is 12.1 Å². The van der Waals surface area contributed by atoms with E-state index in [-0.39, 0.29) is 11.7 Å². The van der Waals surface area contributed by atoms with Crippen LogP contribution in [0.15, 0.2) is 79.1 Å². The van der Waals surface area contributed by atoms with Gasteiger partial charge in [-0.2, -0.15) is 0 Å². The topological polar surface area (TPSA) is 67.2 Å². The lowest BCUT2D eigenvalue weighted by Gasteiger charge is -2.08. The molecule has 0 atom stereocenters. The summed E-state index contributed by atoms with van der Waals surface area (Å²) in [5.74, 6) is 0.212. The van der Waals surface area contributed by atoms with Crippen LogP contribution < -0.4 is 5.32 Å². The summed E-state index contributed by atoms with van der Waals surface area (Å²) in [4.78, 5) is 16.5. The number of fused-ring (bicyclic) bond motifs is 1. The first-order valence-corrected chi connectivity index (χ1v) is 9.70. The van der Waals surface area contributed by atoms with E-state index in [1.165, 1.54) is 5.56 Å². The van der Waals surface area contributed by atoms with E-state index < -0.39 is 0 Å². The number of phenolic OH excluding ortho intramolecular Hbond substituents is 1. The van der Waals surface area contributed by atoms with Crippen molar-refractivity contribution >= 4 is 16.9 Å². The molecule has 0 spiro atoms. The monoisotopic (exact) mass is 385 g/mol. The maximum atomic E-state index is 12.1. The Balaban J connectivity index is 1.29. The SMILES string of the molecule is O=C(CCc1ccccc1O)NCc1ccc(Cn2cnc3ccccc32)cc1. The highest BCUT2D eigenvalue weighted by atomic mass is 16.3. The number of para-hydroxylation sites is 3. The Labute approximate surface area is 169 Å². The molecule has 4 rings (SSSR count). The summed E-state index contributed by atoms with van der Waals surface area (Å²) >= 11 is 0. The van der Waals surface area contributed by atoms with Gasteiger partial charge in [0.05, 0.1) is 17.4 Å². The molecular weight excluding hydrogens is 362 g/mol. The zero-order valence-electron chi connectivity index (χ0n) is 16.1. The number of phenols is 1. The number of hydrogen-bond acceptors (Lipinski definition) is 3. The smallest absolute Gasteiger partial charge is 0.220 e. The second kappa shape index (κ2) is 8.61. The molecule has 0 aliphatic carbocycles. The number of imidazole rings is 1. The normalized spacial score (nSPS) is 10.9. The molecule has 1 aromatic heterocycles. The van der Waals surface area contributed by atoms with Gasteiger partial charge in [-0.1, -0.05) is 54.6 Å². The molecular formula is C24H23N3O2. The Morgan fingerprint density at radius 2 is 1.66 bits per heavy atom. The molecule has 3 aromatic carbocycles. The van der Waals surface area contributed by atoms with Gasteiger partial charge in [0.25, 0.3) is 0 Å². The van der Waals surface area contributed by atoms with E-state index in [1.807, 2.05) is 48.8 Å². The van der Waals surface area contributed by atoms with Gasteiger partial charge in [0.2, 0.25) is 5.91 Å². The number of aromatic nitrogens is 2. The fourth-order valence-electron chi connectivity index (χ4n) is 3.35. The number of nitrogens with one attached hydrogen (secondary N) is 1. The van der Waals surface area contributed by atoms with Crippen molar-refractivity contribution in [3.63, 3.8) is 0 Å². The molecule has 5 heteroatoms. The summed E-state index contributed by atoms with van der Waals surface area (Å²) in [6, 6.07) is 23.5. The van der Waals surface area contributed by atoms with E-state index in [2.05, 4.69) is 33.1 Å². The van der Waals surface area contributed by atoms with Crippen LogP contribution in [0, 0.1) is 0 Å². The number of carbonyl (C=O) groups is 1. The molecule has 1 heterocycles. The molecule has 4 aromatic rings. The third kappa shape index (κ3) is 4.63. The third-order valence-corrected chi connectivity index (χ3v) is 5.01. The maximum absolute atomic E-state index is 12.1. The van der Waals surface area contributed by atoms with Crippen molar-refractivity contribution in [2.75, 3.05) is 0 Å². The predicted octanol–water partition coefficient (Wildman–Crippen LogP) is 4.04. The van der Waals surface area contributed by atoms with Crippen LogP contribution in [-0.4, -0.2) is 20.6 Å². The number of amides is 1. The number of rotatable bonds is 7. The van der Waals surface area contributed by atoms with Crippen LogP contribution in [0.1, 0.15) is 23.1 Å². The standard InChI is InChI=1S/C24H23N3O2/c28-23-8-4-1-5-20(23)13-14-24(29)25-15-18-9-11-19(12-10-18)16-27-17-26-21-6-2-3-7-22(21)27/h1-12,17,28H,13-16H2,(H,25,29). The number of benzene rings is 3. The molecule has 0 saturated carbocycles. The van der Waals surface area contributed by atoms with E-state index in [0.29, 0.717) is 19.4 Å². The molecule has 29 heavy (non-hydrogen) atoms. The van der Waals surface area contributed by atoms with E-state index in [4.69, 9.17) is 0 Å². The largest absolute Gasteiger partial charge is 0.508 e. The molecule has 0 aliphatic heterocycles. The fourth-order valence-corrected chi connectivity index (χ4v) is 3.35. The second-order valence-corrected chi connectivity index (χ2v) is 7.08. The molecule has 0 saturated heterocycles. The molecule has 0 bridgehead atoms. The predicted molar refractivity (Wildman–Crippen MR) is 114 cm³/mol. The molecule has 0 aliphatic rings. The van der Waals surface area contributed by atoms with Crippen molar-refractivity contribution in [3.05, 3.63) is 95.8 Å². The van der Waals surface area contributed by atoms with E-state index >= 15 is 0 Å². The van der Waals surface area contributed by atoms with E-state index in [0.717, 1.165) is 28.7 Å². The lowest BCUT2D eigenvalue weighted by molar-refractivity contribution is -0.121. The zero-order chi connectivity index (χ0) is 20.1. The summed E-state index contributed by atoms with van der Waals surface area (Å²) in [6.45, 7) is 1.25. The summed E-state index contributed by atoms with van der Waals surface area (Å²) in [6.07, 6.45) is 2.74. The molecule has 0 fully saturated rings. The van der Waals surface area contributed by atoms with Crippen molar-refractivity contribution in [1.29, 1.82) is 0 Å². The van der Waals surface area contributed by atoms with Gasteiger partial charge >= 0.3 is 0 Å². The van der Waals surface area contributed by atoms with Crippen molar-refractivity contribution in [2.45, 2.75) is 25.9 Å². The zero-order valence-corrected chi connectivity index (χ0v) is 16.1. The number of carbonyl (C=O) groups excluding carboxylic acids is 1. The Kier molecular flexibility index (Phi) is 5.56. The van der Waals surface area contributed by atoms with Crippen molar-refractivity contribution in [3.8, 4) is 5.75 Å². The van der Waals surface area contributed by atoms with Crippen LogP contribution >= 0.6 is 0 Å². The first-order chi connectivity index (χ1) is 14.2. The Morgan fingerprint density at radius 1 is 0.931 bits per heavy atom. The molecule has 2 N–H and O–H groups in total. The quantitative estimate of drug-likeness (QED) is 0.505. The summed E-state index contributed by atoms with van der Waals surface area (Å²) in [5.41, 5.74) is 5.14. The van der Waals surface area contributed by atoms with Gasteiger partial charge in [0.15, 0.2) is 0 Å². The highest BCUT2D eigenvalue weighted by molar-refractivity contribution is 5.76. The van der Waals surface area contributed by atoms with Gasteiger partial charge in [-0.05, 0) is 41.3 Å². The third-order valence-electron chi connectivity index (χ3n) is 5.01. The summed E-state index contributed by atoms with van der Waals surface area (Å²) in [5, 5.41) is 12.7. The van der Waals surface area contributed by atoms with Crippen LogP contribution in [0.3, 0.4) is 0 Å². The van der Waals surface area contributed by atoms with Crippen LogP contribution in [-0.2, 0) is 24.3 Å². The highest BCUT2D eigenvalue weighted by Crippen LogP contribution is 2.17. The fraction of sp³-hybridized carbons (Fsp3) is 0.167. The molecule has 146 valence electrons. The van der Waals surface area contributed by atoms with Crippen molar-refractivity contribution in [2.24, 2.45) is 0 Å². The van der Waals surface area contributed by atoms with Gasteiger partial charge in [0.1, 0.15) is 5.75 Å². The summed E-state index contributed by atoms with van der Waals surface area (Å²) < 4.78 is 2.13. The average molecular weight is 385 g/mol. The number of nitrogens with zero attached hydrogens (tertiary/aromatic N) is 2. The first-order valence-electron chi connectivity index (χ1n) is 9.70. The number of aromatic hydroxyl groups is 1. The Hall–Kier alpha value is -3.60. The van der Waals surface area contributed by atoms with Crippen LogP contribution in [0.4, 0.5) is 0 Å². The van der Waals surface area contributed by atoms with Crippen LogP contribution in [0.25, 0.3) is 11.0 Å². The lowest BCUT2D eigenvalue weighted by Crippen LogP contribution is -2.23. The number of hydrogen-bond donors (Lipinski definition) is 2. The average Bonchev–Trinajstić information content (AvgIpc) is 3.15. The summed E-state index contributed by atoms with van der Waals surface area (Å²) in [7, 11) is 0. The molecule has 5 nitrogen and oxygen atoms in total. The van der Waals surface area contributed by atoms with Crippen LogP contribution in [0.5, 0.6) is 5.75 Å². The van der Waals surface area contributed by atoms with Gasteiger partial charge in [-0.3, -0.25) is 4.79 Å². The second-order valence-electron chi connectivity index (χ2n) is 7.08. The minimum atomic E-state index is -0.0257. The van der Waals surface area contributed by atoms with E-state index in [9.17, 15) is 9.90 Å². The minimum absolute atomic E-state index is 0.0257. The van der Waals surface area contributed by atoms with Gasteiger partial charge in [-0.15, -0.1) is 0 Å². The maximum Gasteiger partial charge on any atom is 0.220 e. The molecule has 0 radical (unpaired) electrons. The minimum Gasteiger partial charge on any atom is -0.508 e. The number of aryl methyl sites for hydroxylation is 1. The Bertz CT molecular complexity index is 1120. The van der Waals surface area contributed by atoms with Crippen molar-refractivity contribution < 1.29 is 9.90 Å².